The molecule has 98 valence electrons. The maximum absolute atomic E-state index is 13.2. The molecular formula is C13H15ClFNO2. The highest BCUT2D eigenvalue weighted by Crippen LogP contribution is 2.25. The van der Waals surface area contributed by atoms with Crippen LogP contribution in [-0.2, 0) is 4.79 Å². The van der Waals surface area contributed by atoms with Crippen LogP contribution in [0.15, 0.2) is 23.8 Å². The van der Waals surface area contributed by atoms with Gasteiger partial charge in [0.05, 0.1) is 10.7 Å². The van der Waals surface area contributed by atoms with Crippen LogP contribution >= 0.6 is 11.6 Å². The van der Waals surface area contributed by atoms with Crippen molar-refractivity contribution < 1.29 is 14.3 Å². The Kier molecular flexibility index (Phi) is 5.16. The first-order chi connectivity index (χ1) is 8.45. The van der Waals surface area contributed by atoms with E-state index >= 15 is 0 Å². The Labute approximate surface area is 110 Å². The number of hydrogen-bond donors (Lipinski definition) is 2. The van der Waals surface area contributed by atoms with Crippen LogP contribution in [-0.4, -0.2) is 17.6 Å². The lowest BCUT2D eigenvalue weighted by atomic mass is 10.2. The lowest BCUT2D eigenvalue weighted by Gasteiger charge is -2.08. The number of hydrogen-bond acceptors (Lipinski definition) is 2. The Balaban J connectivity index is 2.75. The molecule has 0 unspecified atom stereocenters. The number of aliphatic carboxylic acids is 1. The maximum atomic E-state index is 13.2. The summed E-state index contributed by atoms with van der Waals surface area (Å²) in [5, 5.41) is 12.1. The fourth-order valence-electron chi connectivity index (χ4n) is 1.46. The summed E-state index contributed by atoms with van der Waals surface area (Å²) in [5.41, 5.74) is 1.41. The molecule has 18 heavy (non-hydrogen) atoms. The molecule has 0 radical (unpaired) electrons. The molecule has 0 aliphatic heterocycles. The van der Waals surface area contributed by atoms with E-state index in [0.717, 1.165) is 0 Å². The maximum Gasteiger partial charge on any atom is 0.331 e. The number of anilines is 1. The molecule has 5 heteroatoms. The van der Waals surface area contributed by atoms with Crippen molar-refractivity contribution in [2.45, 2.75) is 20.3 Å². The summed E-state index contributed by atoms with van der Waals surface area (Å²) in [6.07, 6.45) is 2.03. The van der Waals surface area contributed by atoms with Gasteiger partial charge in [-0.1, -0.05) is 24.6 Å². The van der Waals surface area contributed by atoms with Crippen molar-refractivity contribution in [3.05, 3.63) is 40.2 Å². The zero-order chi connectivity index (χ0) is 13.7. The lowest BCUT2D eigenvalue weighted by molar-refractivity contribution is -0.132. The van der Waals surface area contributed by atoms with Gasteiger partial charge in [-0.15, -0.1) is 0 Å². The zero-order valence-corrected chi connectivity index (χ0v) is 11.0. The Morgan fingerprint density at radius 2 is 2.22 bits per heavy atom. The molecule has 0 amide bonds. The second-order valence-corrected chi connectivity index (χ2v) is 4.26. The van der Waals surface area contributed by atoms with E-state index in [1.54, 1.807) is 26.0 Å². The van der Waals surface area contributed by atoms with Crippen LogP contribution in [0.4, 0.5) is 10.1 Å². The smallest absolute Gasteiger partial charge is 0.331 e. The van der Waals surface area contributed by atoms with Crippen molar-refractivity contribution in [1.29, 1.82) is 0 Å². The van der Waals surface area contributed by atoms with Crippen molar-refractivity contribution in [2.24, 2.45) is 0 Å². The Morgan fingerprint density at radius 3 is 2.78 bits per heavy atom. The molecule has 0 aliphatic carbocycles. The van der Waals surface area contributed by atoms with Crippen LogP contribution in [0.3, 0.4) is 0 Å². The van der Waals surface area contributed by atoms with Gasteiger partial charge in [-0.05, 0) is 31.0 Å². The summed E-state index contributed by atoms with van der Waals surface area (Å²) in [7, 11) is 0. The van der Waals surface area contributed by atoms with Gasteiger partial charge < -0.3 is 10.4 Å². The second kappa shape index (κ2) is 6.40. The predicted molar refractivity (Wildman–Crippen MR) is 70.6 cm³/mol. The van der Waals surface area contributed by atoms with E-state index in [0.29, 0.717) is 29.8 Å². The van der Waals surface area contributed by atoms with Crippen molar-refractivity contribution >= 4 is 23.3 Å². The number of halogens is 2. The number of aryl methyl sites for hydroxylation is 1. The number of carboxylic acids is 1. The van der Waals surface area contributed by atoms with E-state index in [4.69, 9.17) is 16.7 Å². The molecule has 0 saturated carbocycles. The Bertz CT molecular complexity index is 486. The third-order valence-electron chi connectivity index (χ3n) is 2.54. The molecule has 1 aromatic carbocycles. The molecule has 0 aromatic heterocycles. The molecule has 1 rings (SSSR count). The van der Waals surface area contributed by atoms with Crippen LogP contribution in [0.5, 0.6) is 0 Å². The van der Waals surface area contributed by atoms with Crippen LogP contribution in [0.25, 0.3) is 0 Å². The van der Waals surface area contributed by atoms with E-state index in [1.165, 1.54) is 6.07 Å². The van der Waals surface area contributed by atoms with Crippen LogP contribution < -0.4 is 5.32 Å². The molecule has 0 saturated heterocycles. The van der Waals surface area contributed by atoms with Gasteiger partial charge in [0.1, 0.15) is 5.82 Å². The summed E-state index contributed by atoms with van der Waals surface area (Å²) >= 11 is 5.87. The lowest BCUT2D eigenvalue weighted by Crippen LogP contribution is -2.05. The highest BCUT2D eigenvalue weighted by molar-refractivity contribution is 6.33. The van der Waals surface area contributed by atoms with E-state index in [9.17, 15) is 9.18 Å². The molecule has 1 aromatic rings. The van der Waals surface area contributed by atoms with Gasteiger partial charge in [-0.25, -0.2) is 9.18 Å². The molecule has 0 aliphatic rings. The number of benzene rings is 1. The fraction of sp³-hybridized carbons (Fsp3) is 0.308. The monoisotopic (exact) mass is 271 g/mol. The third kappa shape index (κ3) is 3.74. The van der Waals surface area contributed by atoms with Gasteiger partial charge in [-0.3, -0.25) is 0 Å². The first kappa shape index (κ1) is 14.5. The quantitative estimate of drug-likeness (QED) is 0.804. The average Bonchev–Trinajstić information content (AvgIpc) is 2.30. The van der Waals surface area contributed by atoms with Crippen LogP contribution in [0.1, 0.15) is 18.9 Å². The zero-order valence-electron chi connectivity index (χ0n) is 10.3. The van der Waals surface area contributed by atoms with Gasteiger partial charge >= 0.3 is 5.97 Å². The van der Waals surface area contributed by atoms with Crippen molar-refractivity contribution in [2.75, 3.05) is 11.9 Å². The minimum absolute atomic E-state index is 0.278. The molecule has 0 atom stereocenters. The van der Waals surface area contributed by atoms with Crippen molar-refractivity contribution in [1.82, 2.24) is 0 Å². The van der Waals surface area contributed by atoms with Gasteiger partial charge in [0.25, 0.3) is 0 Å². The highest BCUT2D eigenvalue weighted by atomic mass is 35.5. The standard InChI is InChI=1S/C13H15ClFNO2/c1-3-9(13(17)18)4-5-16-12-6-8(2)11(15)7-10(12)14/h4,6-7,16H,3,5H2,1-2H3,(H,17,18)/b9-4-. The Hall–Kier alpha value is -1.55. The third-order valence-corrected chi connectivity index (χ3v) is 2.86. The van der Waals surface area contributed by atoms with E-state index in [2.05, 4.69) is 5.32 Å². The average molecular weight is 272 g/mol. The minimum atomic E-state index is -0.930. The number of rotatable bonds is 5. The van der Waals surface area contributed by atoms with Gasteiger partial charge in [0, 0.05) is 12.1 Å². The largest absolute Gasteiger partial charge is 0.478 e. The summed E-state index contributed by atoms with van der Waals surface area (Å²) < 4.78 is 13.2. The molecule has 0 fully saturated rings. The van der Waals surface area contributed by atoms with E-state index in [1.807, 2.05) is 0 Å². The van der Waals surface area contributed by atoms with E-state index in [-0.39, 0.29) is 10.8 Å². The van der Waals surface area contributed by atoms with E-state index < -0.39 is 5.97 Å². The fourth-order valence-corrected chi connectivity index (χ4v) is 1.68. The normalized spacial score (nSPS) is 11.4. The van der Waals surface area contributed by atoms with Crippen molar-refractivity contribution in [3.63, 3.8) is 0 Å². The molecule has 0 spiro atoms. The SMILES string of the molecule is CC/C(=C/CNc1cc(C)c(F)cc1Cl)C(=O)O. The number of carbonyl (C=O) groups is 1. The molecular weight excluding hydrogens is 257 g/mol. The molecule has 2 N–H and O–H groups in total. The number of carboxylic acid groups (broad SMARTS) is 1. The molecule has 0 heterocycles. The Morgan fingerprint density at radius 1 is 1.56 bits per heavy atom. The predicted octanol–water partition coefficient (Wildman–Crippen LogP) is 3.62. The first-order valence-electron chi connectivity index (χ1n) is 5.57. The summed E-state index contributed by atoms with van der Waals surface area (Å²) in [6.45, 7) is 3.75. The number of nitrogens with one attached hydrogen (secondary N) is 1. The molecule has 3 nitrogen and oxygen atoms in total. The topological polar surface area (TPSA) is 49.3 Å². The van der Waals surface area contributed by atoms with Gasteiger partial charge in [0.2, 0.25) is 0 Å². The highest BCUT2D eigenvalue weighted by Gasteiger charge is 2.06. The summed E-state index contributed by atoms with van der Waals surface area (Å²) in [4.78, 5) is 10.8. The van der Waals surface area contributed by atoms with Crippen LogP contribution in [0, 0.1) is 12.7 Å². The summed E-state index contributed by atoms with van der Waals surface area (Å²) in [5.74, 6) is -1.29. The second-order valence-electron chi connectivity index (χ2n) is 3.85. The first-order valence-corrected chi connectivity index (χ1v) is 5.95. The van der Waals surface area contributed by atoms with Crippen LogP contribution in [0.2, 0.25) is 5.02 Å². The molecule has 0 bridgehead atoms. The summed E-state index contributed by atoms with van der Waals surface area (Å²) in [6, 6.07) is 2.83. The minimum Gasteiger partial charge on any atom is -0.478 e. The van der Waals surface area contributed by atoms with Crippen molar-refractivity contribution in [3.8, 4) is 0 Å². The van der Waals surface area contributed by atoms with Gasteiger partial charge in [0.15, 0.2) is 0 Å². The van der Waals surface area contributed by atoms with Gasteiger partial charge in [-0.2, -0.15) is 0 Å².